The Labute approximate surface area is 119 Å². The largest absolute Gasteiger partial charge is 0.393 e. The molecule has 8 heteroatoms. The van der Waals surface area contributed by atoms with Gasteiger partial charge in [-0.15, -0.1) is 11.6 Å². The third-order valence-electron chi connectivity index (χ3n) is 3.53. The molecule has 0 unspecified atom stereocenters. The zero-order valence-corrected chi connectivity index (χ0v) is 11.7. The number of aliphatic hydroxyl groups is 2. The van der Waals surface area contributed by atoms with E-state index in [4.69, 9.17) is 16.3 Å². The fourth-order valence-electron chi connectivity index (χ4n) is 2.50. The molecule has 1 saturated heterocycles. The second kappa shape index (κ2) is 5.69. The van der Waals surface area contributed by atoms with E-state index >= 15 is 0 Å². The van der Waals surface area contributed by atoms with Crippen LogP contribution in [-0.2, 0) is 4.74 Å². The Morgan fingerprint density at radius 2 is 2.25 bits per heavy atom. The molecule has 3 N–H and O–H groups in total. The summed E-state index contributed by atoms with van der Waals surface area (Å²) >= 11 is 6.14. The number of hydrogen-bond donors (Lipinski definition) is 3. The molecule has 0 saturated carbocycles. The van der Waals surface area contributed by atoms with Crippen LogP contribution in [0.5, 0.6) is 0 Å². The van der Waals surface area contributed by atoms with Crippen LogP contribution in [0, 0.1) is 0 Å². The predicted octanol–water partition coefficient (Wildman–Crippen LogP) is -0.435. The molecule has 7 nitrogen and oxygen atoms in total. The Kier molecular flexibility index (Phi) is 4.33. The van der Waals surface area contributed by atoms with Crippen molar-refractivity contribution < 1.29 is 14.9 Å². The van der Waals surface area contributed by atoms with Crippen LogP contribution in [-0.4, -0.2) is 43.5 Å². The minimum Gasteiger partial charge on any atom is -0.393 e. The number of aliphatic hydroxyl groups excluding tert-OH is 2. The first-order chi connectivity index (χ1) is 9.45. The molecule has 0 bridgehead atoms. The van der Waals surface area contributed by atoms with Gasteiger partial charge in [0, 0.05) is 12.3 Å². The molecule has 2 rings (SSSR count). The van der Waals surface area contributed by atoms with E-state index in [1.807, 2.05) is 6.92 Å². The van der Waals surface area contributed by atoms with Crippen molar-refractivity contribution in [2.45, 2.75) is 43.1 Å². The minimum atomic E-state index is -1.19. The second-order valence-corrected chi connectivity index (χ2v) is 5.39. The molecule has 0 spiro atoms. The average Bonchev–Trinajstić information content (AvgIpc) is 2.65. The maximum absolute atomic E-state index is 11.8. The monoisotopic (exact) mass is 304 g/mol. The first-order valence-corrected chi connectivity index (χ1v) is 6.81. The van der Waals surface area contributed by atoms with Crippen molar-refractivity contribution in [3.63, 3.8) is 0 Å². The summed E-state index contributed by atoms with van der Waals surface area (Å²) in [6.45, 7) is 1.48. The van der Waals surface area contributed by atoms with Gasteiger partial charge in [0.15, 0.2) is 6.23 Å². The Hall–Kier alpha value is -1.15. The van der Waals surface area contributed by atoms with Crippen molar-refractivity contribution in [1.29, 1.82) is 0 Å². The second-order valence-electron chi connectivity index (χ2n) is 4.89. The molecule has 0 aromatic carbocycles. The molecule has 1 fully saturated rings. The van der Waals surface area contributed by atoms with Gasteiger partial charge < -0.3 is 14.9 Å². The highest BCUT2D eigenvalue weighted by Gasteiger charge is 2.54. The van der Waals surface area contributed by atoms with Crippen molar-refractivity contribution in [1.82, 2.24) is 9.55 Å². The third-order valence-corrected chi connectivity index (χ3v) is 3.99. The molecule has 112 valence electrons. The van der Waals surface area contributed by atoms with E-state index in [-0.39, 0.29) is 0 Å². The standard InChI is InChI=1S/C12H17ClN2O5/c1-2-4-12(6-16)9(18)8(13)10(20-12)15-5-3-7(17)14-11(15)19/h3,5,8-10,16,18H,2,4,6H2,1H3,(H,14,17,19)/t8-,9+,10-,12-/m1/s1. The number of ether oxygens (including phenoxy) is 1. The van der Waals surface area contributed by atoms with Gasteiger partial charge in [-0.05, 0) is 6.42 Å². The number of aromatic nitrogens is 2. The van der Waals surface area contributed by atoms with Gasteiger partial charge in [0.05, 0.1) is 6.61 Å². The van der Waals surface area contributed by atoms with Crippen molar-refractivity contribution in [2.24, 2.45) is 0 Å². The molecular formula is C12H17ClN2O5. The van der Waals surface area contributed by atoms with Crippen LogP contribution in [0.15, 0.2) is 21.9 Å². The summed E-state index contributed by atoms with van der Waals surface area (Å²) in [7, 11) is 0. The molecule has 4 atom stereocenters. The summed E-state index contributed by atoms with van der Waals surface area (Å²) < 4.78 is 6.79. The van der Waals surface area contributed by atoms with Crippen LogP contribution >= 0.6 is 11.6 Å². The van der Waals surface area contributed by atoms with Gasteiger partial charge in [0.2, 0.25) is 0 Å². The highest BCUT2D eigenvalue weighted by molar-refractivity contribution is 6.21. The number of halogens is 1. The van der Waals surface area contributed by atoms with Gasteiger partial charge in [0.1, 0.15) is 17.1 Å². The molecule has 20 heavy (non-hydrogen) atoms. The topological polar surface area (TPSA) is 105 Å². The van der Waals surface area contributed by atoms with E-state index in [9.17, 15) is 19.8 Å². The number of rotatable bonds is 4. The van der Waals surface area contributed by atoms with Gasteiger partial charge in [0.25, 0.3) is 5.56 Å². The van der Waals surface area contributed by atoms with E-state index in [2.05, 4.69) is 4.98 Å². The van der Waals surface area contributed by atoms with Gasteiger partial charge in [-0.2, -0.15) is 0 Å². The summed E-state index contributed by atoms with van der Waals surface area (Å²) in [5.74, 6) is 0. The third kappa shape index (κ3) is 2.42. The predicted molar refractivity (Wildman–Crippen MR) is 71.8 cm³/mol. The fraction of sp³-hybridized carbons (Fsp3) is 0.667. The Bertz CT molecular complexity index is 586. The quantitative estimate of drug-likeness (QED) is 0.654. The lowest BCUT2D eigenvalue weighted by Crippen LogP contribution is -2.45. The molecule has 1 aromatic heterocycles. The van der Waals surface area contributed by atoms with E-state index < -0.39 is 41.2 Å². The van der Waals surface area contributed by atoms with Crippen molar-refractivity contribution in [3.8, 4) is 0 Å². The lowest BCUT2D eigenvalue weighted by molar-refractivity contribution is -0.132. The van der Waals surface area contributed by atoms with Crippen LogP contribution in [0.1, 0.15) is 26.0 Å². The van der Waals surface area contributed by atoms with Crippen LogP contribution in [0.25, 0.3) is 0 Å². The summed E-state index contributed by atoms with van der Waals surface area (Å²) in [6, 6.07) is 1.17. The molecular weight excluding hydrogens is 288 g/mol. The van der Waals surface area contributed by atoms with E-state index in [0.29, 0.717) is 12.8 Å². The maximum atomic E-state index is 11.8. The van der Waals surface area contributed by atoms with Gasteiger partial charge >= 0.3 is 5.69 Å². The lowest BCUT2D eigenvalue weighted by Gasteiger charge is -2.29. The summed E-state index contributed by atoms with van der Waals surface area (Å²) in [5.41, 5.74) is -2.40. The molecule has 2 heterocycles. The van der Waals surface area contributed by atoms with Crippen LogP contribution in [0.2, 0.25) is 0 Å². The Balaban J connectivity index is 2.39. The SMILES string of the molecule is CCC[C@]1(CO)O[C@@H](n2ccc(=O)[nH]c2=O)[C@H](Cl)[C@@H]1O. The number of nitrogens with one attached hydrogen (secondary N) is 1. The van der Waals surface area contributed by atoms with E-state index in [0.717, 1.165) is 4.57 Å². The fourth-order valence-corrected chi connectivity index (χ4v) is 2.90. The van der Waals surface area contributed by atoms with Gasteiger partial charge in [-0.1, -0.05) is 13.3 Å². The maximum Gasteiger partial charge on any atom is 0.330 e. The number of nitrogens with zero attached hydrogens (tertiary/aromatic N) is 1. The Morgan fingerprint density at radius 3 is 2.80 bits per heavy atom. The molecule has 1 aliphatic heterocycles. The van der Waals surface area contributed by atoms with Crippen LogP contribution in [0.4, 0.5) is 0 Å². The highest BCUT2D eigenvalue weighted by atomic mass is 35.5. The number of aromatic amines is 1. The van der Waals surface area contributed by atoms with Gasteiger partial charge in [-0.3, -0.25) is 14.3 Å². The molecule has 1 aliphatic rings. The van der Waals surface area contributed by atoms with Crippen LogP contribution < -0.4 is 11.2 Å². The zero-order valence-electron chi connectivity index (χ0n) is 11.0. The van der Waals surface area contributed by atoms with E-state index in [1.165, 1.54) is 12.3 Å². The summed E-state index contributed by atoms with van der Waals surface area (Å²) in [5, 5.41) is 18.8. The average molecular weight is 305 g/mol. The molecule has 1 aromatic rings. The molecule has 0 aliphatic carbocycles. The Morgan fingerprint density at radius 1 is 1.55 bits per heavy atom. The first-order valence-electron chi connectivity index (χ1n) is 6.37. The lowest BCUT2D eigenvalue weighted by atomic mass is 9.92. The zero-order chi connectivity index (χ0) is 14.9. The number of H-pyrrole nitrogens is 1. The number of alkyl halides is 1. The van der Waals surface area contributed by atoms with E-state index in [1.54, 1.807) is 0 Å². The normalized spacial score (nSPS) is 33.5. The van der Waals surface area contributed by atoms with Crippen molar-refractivity contribution in [3.05, 3.63) is 33.1 Å². The van der Waals surface area contributed by atoms with Gasteiger partial charge in [-0.25, -0.2) is 4.79 Å². The summed E-state index contributed by atoms with van der Waals surface area (Å²) in [6.07, 6.45) is 0.275. The molecule has 0 radical (unpaired) electrons. The van der Waals surface area contributed by atoms with Crippen LogP contribution in [0.3, 0.4) is 0 Å². The molecule has 0 amide bonds. The minimum absolute atomic E-state index is 0.403. The smallest absolute Gasteiger partial charge is 0.330 e. The van der Waals surface area contributed by atoms with Crippen molar-refractivity contribution >= 4 is 11.6 Å². The highest BCUT2D eigenvalue weighted by Crippen LogP contribution is 2.41. The number of hydrogen-bond acceptors (Lipinski definition) is 5. The first kappa shape index (κ1) is 15.2. The van der Waals surface area contributed by atoms with Crippen molar-refractivity contribution in [2.75, 3.05) is 6.61 Å². The summed E-state index contributed by atoms with van der Waals surface area (Å²) in [4.78, 5) is 24.9.